The Hall–Kier alpha value is -2.28. The van der Waals surface area contributed by atoms with Crippen LogP contribution in [0.3, 0.4) is 0 Å². The van der Waals surface area contributed by atoms with Crippen molar-refractivity contribution >= 4 is 11.9 Å². The summed E-state index contributed by atoms with van der Waals surface area (Å²) in [5, 5.41) is 9.74. The lowest BCUT2D eigenvalue weighted by Crippen LogP contribution is -2.48. The SMILES string of the molecule is O=C(O)[C@@H]1CCC(=O)N(C[C@H]2CCCO2)[C@@H]1c1cccc2c1OCO2. The Balaban J connectivity index is 1.73. The number of hydrogen-bond acceptors (Lipinski definition) is 5. The highest BCUT2D eigenvalue weighted by molar-refractivity contribution is 5.82. The molecule has 0 radical (unpaired) electrons. The number of piperidine rings is 1. The molecule has 2 saturated heterocycles. The van der Waals surface area contributed by atoms with Gasteiger partial charge in [-0.05, 0) is 25.3 Å². The summed E-state index contributed by atoms with van der Waals surface area (Å²) in [5.41, 5.74) is 0.702. The van der Waals surface area contributed by atoms with E-state index in [0.29, 0.717) is 36.6 Å². The first-order valence-corrected chi connectivity index (χ1v) is 8.67. The van der Waals surface area contributed by atoms with Gasteiger partial charge in [0.05, 0.1) is 18.1 Å². The van der Waals surface area contributed by atoms with E-state index in [2.05, 4.69) is 0 Å². The maximum atomic E-state index is 12.6. The van der Waals surface area contributed by atoms with Crippen LogP contribution >= 0.6 is 0 Å². The summed E-state index contributed by atoms with van der Waals surface area (Å²) >= 11 is 0. The number of carboxylic acids is 1. The highest BCUT2D eigenvalue weighted by Gasteiger charge is 2.43. The molecule has 0 saturated carbocycles. The maximum absolute atomic E-state index is 12.6. The fourth-order valence-electron chi connectivity index (χ4n) is 4.00. The van der Waals surface area contributed by atoms with Crippen LogP contribution in [-0.2, 0) is 14.3 Å². The minimum atomic E-state index is -0.897. The zero-order valence-corrected chi connectivity index (χ0v) is 13.8. The standard InChI is InChI=1S/C18H21NO6/c20-15-7-6-13(18(21)22)16(19(15)9-11-3-2-8-23-11)12-4-1-5-14-17(12)25-10-24-14/h1,4-5,11,13,16H,2-3,6-10H2,(H,21,22)/t11-,13-,16-/m1/s1. The summed E-state index contributed by atoms with van der Waals surface area (Å²) < 4.78 is 16.7. The minimum Gasteiger partial charge on any atom is -0.481 e. The van der Waals surface area contributed by atoms with Gasteiger partial charge in [0.2, 0.25) is 12.7 Å². The van der Waals surface area contributed by atoms with Crippen molar-refractivity contribution < 1.29 is 28.9 Å². The molecule has 0 bridgehead atoms. The number of amides is 1. The molecule has 0 aliphatic carbocycles. The number of rotatable bonds is 4. The quantitative estimate of drug-likeness (QED) is 0.896. The molecule has 3 heterocycles. The second-order valence-electron chi connectivity index (χ2n) is 6.69. The van der Waals surface area contributed by atoms with E-state index in [1.54, 1.807) is 11.0 Å². The molecular weight excluding hydrogens is 326 g/mol. The van der Waals surface area contributed by atoms with Gasteiger partial charge in [0.1, 0.15) is 0 Å². The van der Waals surface area contributed by atoms with Gasteiger partial charge < -0.3 is 24.2 Å². The number of ether oxygens (including phenoxy) is 3. The molecule has 1 amide bonds. The molecule has 134 valence electrons. The van der Waals surface area contributed by atoms with Crippen LogP contribution in [0.1, 0.15) is 37.3 Å². The third kappa shape index (κ3) is 2.93. The number of benzene rings is 1. The van der Waals surface area contributed by atoms with Gasteiger partial charge in [-0.3, -0.25) is 9.59 Å². The monoisotopic (exact) mass is 347 g/mol. The molecule has 7 heteroatoms. The van der Waals surface area contributed by atoms with Crippen molar-refractivity contribution in [2.75, 3.05) is 19.9 Å². The van der Waals surface area contributed by atoms with Crippen LogP contribution in [0.25, 0.3) is 0 Å². The summed E-state index contributed by atoms with van der Waals surface area (Å²) in [6.07, 6.45) is 2.39. The molecule has 1 N–H and O–H groups in total. The van der Waals surface area contributed by atoms with Gasteiger partial charge in [-0.15, -0.1) is 0 Å². The first-order chi connectivity index (χ1) is 12.1. The van der Waals surface area contributed by atoms with Crippen molar-refractivity contribution in [3.8, 4) is 11.5 Å². The molecule has 1 aromatic carbocycles. The molecule has 25 heavy (non-hydrogen) atoms. The summed E-state index contributed by atoms with van der Waals surface area (Å²) in [6.45, 7) is 1.21. The van der Waals surface area contributed by atoms with E-state index < -0.39 is 17.9 Å². The summed E-state index contributed by atoms with van der Waals surface area (Å²) in [7, 11) is 0. The van der Waals surface area contributed by atoms with E-state index in [9.17, 15) is 14.7 Å². The number of aliphatic carboxylic acids is 1. The minimum absolute atomic E-state index is 0.0329. The molecule has 2 fully saturated rings. The van der Waals surface area contributed by atoms with E-state index in [1.807, 2.05) is 12.1 Å². The number of carboxylic acid groups (broad SMARTS) is 1. The molecule has 0 unspecified atom stereocenters. The van der Waals surface area contributed by atoms with Crippen LogP contribution in [0.5, 0.6) is 11.5 Å². The Morgan fingerprint density at radius 1 is 1.28 bits per heavy atom. The van der Waals surface area contributed by atoms with Gasteiger partial charge in [-0.2, -0.15) is 0 Å². The van der Waals surface area contributed by atoms with Crippen molar-refractivity contribution in [3.05, 3.63) is 23.8 Å². The summed E-state index contributed by atoms with van der Waals surface area (Å²) in [4.78, 5) is 26.2. The first kappa shape index (κ1) is 16.2. The molecular formula is C18H21NO6. The Morgan fingerprint density at radius 2 is 2.16 bits per heavy atom. The second kappa shape index (κ2) is 6.55. The Kier molecular flexibility index (Phi) is 4.25. The lowest BCUT2D eigenvalue weighted by Gasteiger charge is -2.41. The molecule has 3 atom stereocenters. The lowest BCUT2D eigenvalue weighted by molar-refractivity contribution is -0.153. The van der Waals surface area contributed by atoms with E-state index >= 15 is 0 Å². The first-order valence-electron chi connectivity index (χ1n) is 8.67. The number of likely N-dealkylation sites (tertiary alicyclic amines) is 1. The lowest BCUT2D eigenvalue weighted by atomic mass is 9.83. The van der Waals surface area contributed by atoms with E-state index in [-0.39, 0.29) is 25.2 Å². The number of fused-ring (bicyclic) bond motifs is 1. The van der Waals surface area contributed by atoms with Crippen molar-refractivity contribution in [2.45, 2.75) is 37.8 Å². The van der Waals surface area contributed by atoms with Crippen molar-refractivity contribution in [3.63, 3.8) is 0 Å². The van der Waals surface area contributed by atoms with Gasteiger partial charge in [0.15, 0.2) is 11.5 Å². The van der Waals surface area contributed by atoms with Crippen LogP contribution in [0.15, 0.2) is 18.2 Å². The Labute approximate surface area is 145 Å². The largest absolute Gasteiger partial charge is 0.481 e. The van der Waals surface area contributed by atoms with Crippen molar-refractivity contribution in [1.82, 2.24) is 4.90 Å². The molecule has 4 rings (SSSR count). The zero-order valence-electron chi connectivity index (χ0n) is 13.8. The normalized spacial score (nSPS) is 28.4. The molecule has 0 spiro atoms. The van der Waals surface area contributed by atoms with Crippen molar-refractivity contribution in [2.24, 2.45) is 5.92 Å². The van der Waals surface area contributed by atoms with E-state index in [4.69, 9.17) is 14.2 Å². The fraction of sp³-hybridized carbons (Fsp3) is 0.556. The molecule has 7 nitrogen and oxygen atoms in total. The van der Waals surface area contributed by atoms with Crippen LogP contribution in [0, 0.1) is 5.92 Å². The van der Waals surface area contributed by atoms with Gasteiger partial charge in [0.25, 0.3) is 0 Å². The van der Waals surface area contributed by atoms with Gasteiger partial charge in [-0.1, -0.05) is 12.1 Å². The molecule has 0 aromatic heterocycles. The Morgan fingerprint density at radius 3 is 2.92 bits per heavy atom. The predicted molar refractivity (Wildman–Crippen MR) is 86.4 cm³/mol. The topological polar surface area (TPSA) is 85.3 Å². The van der Waals surface area contributed by atoms with Crippen LogP contribution in [0.2, 0.25) is 0 Å². The fourth-order valence-corrected chi connectivity index (χ4v) is 4.00. The van der Waals surface area contributed by atoms with Crippen LogP contribution < -0.4 is 9.47 Å². The van der Waals surface area contributed by atoms with E-state index in [1.165, 1.54) is 0 Å². The zero-order chi connectivity index (χ0) is 17.4. The van der Waals surface area contributed by atoms with Crippen LogP contribution in [-0.4, -0.2) is 47.9 Å². The van der Waals surface area contributed by atoms with Crippen molar-refractivity contribution in [1.29, 1.82) is 0 Å². The average Bonchev–Trinajstić information content (AvgIpc) is 3.27. The number of carbonyl (C=O) groups excluding carboxylic acids is 1. The van der Waals surface area contributed by atoms with Gasteiger partial charge >= 0.3 is 5.97 Å². The molecule has 3 aliphatic rings. The second-order valence-corrected chi connectivity index (χ2v) is 6.69. The highest BCUT2D eigenvalue weighted by Crippen LogP contribution is 2.46. The average molecular weight is 347 g/mol. The summed E-state index contributed by atoms with van der Waals surface area (Å²) in [5.74, 6) is -0.460. The van der Waals surface area contributed by atoms with E-state index in [0.717, 1.165) is 12.8 Å². The highest BCUT2D eigenvalue weighted by atomic mass is 16.7. The van der Waals surface area contributed by atoms with Crippen LogP contribution in [0.4, 0.5) is 0 Å². The maximum Gasteiger partial charge on any atom is 0.308 e. The smallest absolute Gasteiger partial charge is 0.308 e. The Bertz CT molecular complexity index is 684. The number of hydrogen-bond donors (Lipinski definition) is 1. The number of para-hydroxylation sites is 1. The third-order valence-corrected chi connectivity index (χ3v) is 5.19. The third-order valence-electron chi connectivity index (χ3n) is 5.19. The number of carbonyl (C=O) groups is 2. The van der Waals surface area contributed by atoms with Gasteiger partial charge in [-0.25, -0.2) is 0 Å². The van der Waals surface area contributed by atoms with Gasteiger partial charge in [0, 0.05) is 25.1 Å². The predicted octanol–water partition coefficient (Wildman–Crippen LogP) is 1.96. The molecule has 1 aromatic rings. The number of nitrogens with zero attached hydrogens (tertiary/aromatic N) is 1. The summed E-state index contributed by atoms with van der Waals surface area (Å²) in [6, 6.07) is 4.86. The molecule has 3 aliphatic heterocycles.